The van der Waals surface area contributed by atoms with Gasteiger partial charge in [-0.05, 0) is 24.3 Å². The second kappa shape index (κ2) is 8.84. The van der Waals surface area contributed by atoms with E-state index in [1.807, 2.05) is 0 Å². The number of rotatable bonds is 8. The van der Waals surface area contributed by atoms with Gasteiger partial charge >= 0.3 is 12.6 Å². The number of benzene rings is 2. The van der Waals surface area contributed by atoms with Crippen molar-refractivity contribution in [3.05, 3.63) is 63.5 Å². The molecule has 0 spiro atoms. The SMILES string of the molecule is COc1cc(C(=O)OCC(=O)c2ccc(F)cc2)c([N+](=O)[O-])cc1OC(F)F. The predicted octanol–water partition coefficient (Wildman–Crippen LogP) is 3.38. The van der Waals surface area contributed by atoms with E-state index in [0.717, 1.165) is 25.3 Å². The standard InChI is InChI=1S/C17H12F3NO7/c1-26-14-6-11(12(21(24)25)7-15(14)28-17(19)20)16(23)27-8-13(22)9-2-4-10(18)5-3-9/h2-7,17H,8H2,1H3. The Hall–Kier alpha value is -3.63. The Morgan fingerprint density at radius 3 is 2.32 bits per heavy atom. The van der Waals surface area contributed by atoms with Crippen molar-refractivity contribution >= 4 is 17.4 Å². The molecule has 8 nitrogen and oxygen atoms in total. The molecular weight excluding hydrogens is 387 g/mol. The van der Waals surface area contributed by atoms with Gasteiger partial charge in [-0.25, -0.2) is 9.18 Å². The third kappa shape index (κ3) is 4.96. The van der Waals surface area contributed by atoms with E-state index in [4.69, 9.17) is 9.47 Å². The van der Waals surface area contributed by atoms with E-state index in [2.05, 4.69) is 4.74 Å². The fraction of sp³-hybridized carbons (Fsp3) is 0.176. The van der Waals surface area contributed by atoms with Gasteiger partial charge in [0.05, 0.1) is 18.1 Å². The quantitative estimate of drug-likeness (QED) is 0.290. The van der Waals surface area contributed by atoms with Gasteiger partial charge in [-0.15, -0.1) is 0 Å². The molecule has 0 N–H and O–H groups in total. The summed E-state index contributed by atoms with van der Waals surface area (Å²) in [4.78, 5) is 34.3. The van der Waals surface area contributed by atoms with Crippen molar-refractivity contribution in [1.82, 2.24) is 0 Å². The largest absolute Gasteiger partial charge is 0.493 e. The van der Waals surface area contributed by atoms with E-state index in [1.165, 1.54) is 12.1 Å². The average molecular weight is 399 g/mol. The molecule has 0 aliphatic heterocycles. The van der Waals surface area contributed by atoms with Crippen LogP contribution in [0.2, 0.25) is 0 Å². The van der Waals surface area contributed by atoms with Gasteiger partial charge in [0.15, 0.2) is 23.9 Å². The summed E-state index contributed by atoms with van der Waals surface area (Å²) in [6.45, 7) is -4.06. The molecule has 28 heavy (non-hydrogen) atoms. The summed E-state index contributed by atoms with van der Waals surface area (Å²) in [6.07, 6.45) is 0. The van der Waals surface area contributed by atoms with E-state index >= 15 is 0 Å². The topological polar surface area (TPSA) is 105 Å². The van der Waals surface area contributed by atoms with Gasteiger partial charge in [0.2, 0.25) is 0 Å². The summed E-state index contributed by atoms with van der Waals surface area (Å²) in [6, 6.07) is 5.80. The smallest absolute Gasteiger partial charge is 0.387 e. The highest BCUT2D eigenvalue weighted by Crippen LogP contribution is 2.36. The Morgan fingerprint density at radius 2 is 1.79 bits per heavy atom. The minimum Gasteiger partial charge on any atom is -0.493 e. The van der Waals surface area contributed by atoms with Gasteiger partial charge in [0.25, 0.3) is 5.69 Å². The lowest BCUT2D eigenvalue weighted by molar-refractivity contribution is -0.385. The molecule has 0 saturated carbocycles. The third-order valence-electron chi connectivity index (χ3n) is 3.42. The lowest BCUT2D eigenvalue weighted by atomic mass is 10.1. The number of esters is 1. The molecule has 148 valence electrons. The summed E-state index contributed by atoms with van der Waals surface area (Å²) < 4.78 is 51.4. The molecule has 0 unspecified atom stereocenters. The van der Waals surface area contributed by atoms with Crippen molar-refractivity contribution in [2.75, 3.05) is 13.7 Å². The maximum atomic E-state index is 12.9. The first-order chi connectivity index (χ1) is 13.2. The number of nitro groups is 1. The number of carbonyl (C=O) groups is 2. The maximum Gasteiger partial charge on any atom is 0.387 e. The first-order valence-corrected chi connectivity index (χ1v) is 7.50. The first kappa shape index (κ1) is 20.7. The predicted molar refractivity (Wildman–Crippen MR) is 87.3 cm³/mol. The molecule has 0 saturated heterocycles. The molecule has 2 rings (SSSR count). The highest BCUT2D eigenvalue weighted by Gasteiger charge is 2.27. The molecule has 0 aromatic heterocycles. The Morgan fingerprint density at radius 1 is 1.14 bits per heavy atom. The van der Waals surface area contributed by atoms with Crippen molar-refractivity contribution in [3.8, 4) is 11.5 Å². The van der Waals surface area contributed by atoms with Gasteiger partial charge < -0.3 is 14.2 Å². The van der Waals surface area contributed by atoms with Crippen molar-refractivity contribution < 1.29 is 41.9 Å². The minimum absolute atomic E-state index is 0.0574. The van der Waals surface area contributed by atoms with Crippen LogP contribution in [0.4, 0.5) is 18.9 Å². The number of ketones is 1. The molecule has 0 amide bonds. The molecule has 0 fully saturated rings. The summed E-state index contributed by atoms with van der Waals surface area (Å²) >= 11 is 0. The zero-order valence-corrected chi connectivity index (χ0v) is 14.2. The Balaban J connectivity index is 2.24. The molecule has 2 aromatic rings. The molecular formula is C17H12F3NO7. The van der Waals surface area contributed by atoms with Crippen LogP contribution in [0.25, 0.3) is 0 Å². The molecule has 0 aliphatic carbocycles. The zero-order valence-electron chi connectivity index (χ0n) is 14.2. The van der Waals surface area contributed by atoms with Gasteiger partial charge in [-0.3, -0.25) is 14.9 Å². The number of carbonyl (C=O) groups excluding carboxylic acids is 2. The van der Waals surface area contributed by atoms with Crippen LogP contribution in [0.5, 0.6) is 11.5 Å². The van der Waals surface area contributed by atoms with Crippen LogP contribution >= 0.6 is 0 Å². The Bertz CT molecular complexity index is 900. The first-order valence-electron chi connectivity index (χ1n) is 7.50. The van der Waals surface area contributed by atoms with E-state index in [0.29, 0.717) is 6.07 Å². The molecule has 0 bridgehead atoms. The van der Waals surface area contributed by atoms with Gasteiger partial charge in [0.1, 0.15) is 11.4 Å². The molecule has 0 radical (unpaired) electrons. The van der Waals surface area contributed by atoms with E-state index in [-0.39, 0.29) is 11.3 Å². The summed E-state index contributed by atoms with van der Waals surface area (Å²) in [5.74, 6) is -3.53. The molecule has 2 aromatic carbocycles. The van der Waals surface area contributed by atoms with Crippen molar-refractivity contribution in [1.29, 1.82) is 0 Å². The number of hydrogen-bond donors (Lipinski definition) is 0. The fourth-order valence-corrected chi connectivity index (χ4v) is 2.14. The number of alkyl halides is 2. The number of methoxy groups -OCH3 is 1. The lowest BCUT2D eigenvalue weighted by Crippen LogP contribution is -2.16. The lowest BCUT2D eigenvalue weighted by Gasteiger charge is -2.12. The van der Waals surface area contributed by atoms with E-state index < -0.39 is 52.7 Å². The van der Waals surface area contributed by atoms with E-state index in [1.54, 1.807) is 0 Å². The molecule has 0 aliphatic rings. The van der Waals surface area contributed by atoms with Gasteiger partial charge in [-0.2, -0.15) is 8.78 Å². The van der Waals surface area contributed by atoms with Crippen LogP contribution in [-0.4, -0.2) is 37.0 Å². The fourth-order valence-electron chi connectivity index (χ4n) is 2.14. The number of halogens is 3. The Labute approximate surface area is 155 Å². The molecule has 11 heteroatoms. The van der Waals surface area contributed by atoms with Gasteiger partial charge in [-0.1, -0.05) is 0 Å². The van der Waals surface area contributed by atoms with Crippen molar-refractivity contribution in [3.63, 3.8) is 0 Å². The Kier molecular flexibility index (Phi) is 6.53. The van der Waals surface area contributed by atoms with Crippen LogP contribution in [0.1, 0.15) is 20.7 Å². The zero-order chi connectivity index (χ0) is 20.8. The van der Waals surface area contributed by atoms with Crippen LogP contribution < -0.4 is 9.47 Å². The van der Waals surface area contributed by atoms with Crippen molar-refractivity contribution in [2.24, 2.45) is 0 Å². The summed E-state index contributed by atoms with van der Waals surface area (Å²) in [5.41, 5.74) is -1.45. The monoisotopic (exact) mass is 399 g/mol. The van der Waals surface area contributed by atoms with Crippen LogP contribution in [0, 0.1) is 15.9 Å². The average Bonchev–Trinajstić information content (AvgIpc) is 2.65. The number of ether oxygens (including phenoxy) is 3. The highest BCUT2D eigenvalue weighted by molar-refractivity contribution is 6.00. The van der Waals surface area contributed by atoms with E-state index in [9.17, 15) is 32.9 Å². The number of hydrogen-bond acceptors (Lipinski definition) is 7. The van der Waals surface area contributed by atoms with Crippen molar-refractivity contribution in [2.45, 2.75) is 6.61 Å². The van der Waals surface area contributed by atoms with Gasteiger partial charge in [0, 0.05) is 11.6 Å². The van der Waals surface area contributed by atoms with Crippen LogP contribution in [0.3, 0.4) is 0 Å². The highest BCUT2D eigenvalue weighted by atomic mass is 19.3. The maximum absolute atomic E-state index is 12.9. The second-order valence-corrected chi connectivity index (χ2v) is 5.16. The van der Waals surface area contributed by atoms with Crippen LogP contribution in [-0.2, 0) is 4.74 Å². The molecule has 0 atom stereocenters. The number of nitrogens with zero attached hydrogens (tertiary/aromatic N) is 1. The minimum atomic E-state index is -3.28. The second-order valence-electron chi connectivity index (χ2n) is 5.16. The third-order valence-corrected chi connectivity index (χ3v) is 3.42. The molecule has 0 heterocycles. The number of nitro benzene ring substituents is 1. The summed E-state index contributed by atoms with van der Waals surface area (Å²) in [7, 11) is 1.08. The number of Topliss-reactive ketones (excluding diaryl/α,β-unsaturated/α-hetero) is 1. The normalized spacial score (nSPS) is 10.5. The van der Waals surface area contributed by atoms with Crippen LogP contribution in [0.15, 0.2) is 36.4 Å². The summed E-state index contributed by atoms with van der Waals surface area (Å²) in [5, 5.41) is 11.2.